The minimum absolute atomic E-state index is 0.296. The molecule has 0 radical (unpaired) electrons. The summed E-state index contributed by atoms with van der Waals surface area (Å²) in [5.74, 6) is 2.24. The molecule has 0 saturated heterocycles. The van der Waals surface area contributed by atoms with Crippen molar-refractivity contribution in [2.45, 2.75) is 51.7 Å². The second kappa shape index (κ2) is 8.16. The fourth-order valence-electron chi connectivity index (χ4n) is 4.12. The first-order chi connectivity index (χ1) is 12.7. The third-order valence-electron chi connectivity index (χ3n) is 5.70. The zero-order chi connectivity index (χ0) is 18.6. The molecule has 2 fully saturated rings. The average molecular weight is 361 g/mol. The predicted molar refractivity (Wildman–Crippen MR) is 104 cm³/mol. The molecule has 2 aliphatic rings. The number of anilines is 1. The van der Waals surface area contributed by atoms with Crippen molar-refractivity contribution in [2.24, 2.45) is 10.4 Å². The van der Waals surface area contributed by atoms with E-state index in [4.69, 9.17) is 14.2 Å². The highest BCUT2D eigenvalue weighted by atomic mass is 16.5. The van der Waals surface area contributed by atoms with Gasteiger partial charge in [0.2, 0.25) is 0 Å². The lowest BCUT2D eigenvalue weighted by Gasteiger charge is -2.61. The maximum atomic E-state index is 5.94. The molecule has 144 valence electrons. The molecule has 6 nitrogen and oxygen atoms in total. The van der Waals surface area contributed by atoms with Crippen molar-refractivity contribution in [1.29, 1.82) is 0 Å². The van der Waals surface area contributed by atoms with Crippen LogP contribution in [0.1, 0.15) is 39.5 Å². The van der Waals surface area contributed by atoms with Crippen LogP contribution < -0.4 is 20.1 Å². The lowest BCUT2D eigenvalue weighted by molar-refractivity contribution is -0.168. The number of rotatable bonds is 7. The smallest absolute Gasteiger partial charge is 0.195 e. The summed E-state index contributed by atoms with van der Waals surface area (Å²) < 4.78 is 16.9. The Morgan fingerprint density at radius 3 is 2.62 bits per heavy atom. The van der Waals surface area contributed by atoms with E-state index < -0.39 is 0 Å². The summed E-state index contributed by atoms with van der Waals surface area (Å²) in [6, 6.07) is 6.24. The van der Waals surface area contributed by atoms with Gasteiger partial charge in [-0.15, -0.1) is 0 Å². The molecule has 0 aromatic heterocycles. The van der Waals surface area contributed by atoms with Crippen molar-refractivity contribution >= 4 is 11.6 Å². The highest BCUT2D eigenvalue weighted by Gasteiger charge is 2.59. The van der Waals surface area contributed by atoms with Gasteiger partial charge in [-0.3, -0.25) is 4.99 Å². The molecule has 0 aliphatic heterocycles. The highest BCUT2D eigenvalue weighted by Crippen LogP contribution is 2.57. The van der Waals surface area contributed by atoms with Crippen LogP contribution in [0.2, 0.25) is 0 Å². The van der Waals surface area contributed by atoms with Crippen LogP contribution in [0.25, 0.3) is 0 Å². The van der Waals surface area contributed by atoms with E-state index >= 15 is 0 Å². The number of ether oxygens (including phenoxy) is 3. The van der Waals surface area contributed by atoms with E-state index in [1.807, 2.05) is 25.1 Å². The van der Waals surface area contributed by atoms with Crippen LogP contribution >= 0.6 is 0 Å². The summed E-state index contributed by atoms with van der Waals surface area (Å²) in [6.45, 7) is 5.43. The van der Waals surface area contributed by atoms with Crippen molar-refractivity contribution in [1.82, 2.24) is 5.32 Å². The van der Waals surface area contributed by atoms with Crippen molar-refractivity contribution in [3.63, 3.8) is 0 Å². The normalized spacial score (nSPS) is 23.8. The Bertz CT molecular complexity index is 643. The van der Waals surface area contributed by atoms with Gasteiger partial charge < -0.3 is 24.8 Å². The van der Waals surface area contributed by atoms with Gasteiger partial charge in [0, 0.05) is 36.9 Å². The van der Waals surface area contributed by atoms with Crippen LogP contribution in [-0.4, -0.2) is 45.5 Å². The number of nitrogens with one attached hydrogen (secondary N) is 2. The molecule has 0 bridgehead atoms. The first kappa shape index (κ1) is 18.8. The number of hydrogen-bond acceptors (Lipinski definition) is 4. The van der Waals surface area contributed by atoms with Crippen LogP contribution in [0, 0.1) is 5.41 Å². The molecule has 2 atom stereocenters. The Labute approximate surface area is 156 Å². The molecule has 2 unspecified atom stereocenters. The Hall–Kier alpha value is -1.95. The monoisotopic (exact) mass is 361 g/mol. The Morgan fingerprint density at radius 1 is 1.23 bits per heavy atom. The van der Waals surface area contributed by atoms with E-state index in [1.54, 1.807) is 14.2 Å². The van der Waals surface area contributed by atoms with E-state index in [0.717, 1.165) is 30.4 Å². The topological polar surface area (TPSA) is 64.1 Å². The van der Waals surface area contributed by atoms with Crippen molar-refractivity contribution in [3.8, 4) is 11.5 Å². The second-order valence-corrected chi connectivity index (χ2v) is 6.96. The molecule has 2 aliphatic carbocycles. The number of aliphatic imine (C=N–C) groups is 1. The Balaban J connectivity index is 1.64. The highest BCUT2D eigenvalue weighted by molar-refractivity contribution is 5.94. The minimum atomic E-state index is 0.296. The third-order valence-corrected chi connectivity index (χ3v) is 5.70. The average Bonchev–Trinajstić information content (AvgIpc) is 2.59. The first-order valence-electron chi connectivity index (χ1n) is 9.59. The third kappa shape index (κ3) is 3.47. The van der Waals surface area contributed by atoms with E-state index in [1.165, 1.54) is 19.3 Å². The second-order valence-electron chi connectivity index (χ2n) is 6.96. The zero-order valence-corrected chi connectivity index (χ0v) is 16.3. The summed E-state index contributed by atoms with van der Waals surface area (Å²) in [5.41, 5.74) is 1.21. The van der Waals surface area contributed by atoms with Gasteiger partial charge >= 0.3 is 0 Å². The fourth-order valence-corrected chi connectivity index (χ4v) is 4.12. The van der Waals surface area contributed by atoms with E-state index in [2.05, 4.69) is 22.5 Å². The van der Waals surface area contributed by atoms with Gasteiger partial charge in [-0.1, -0.05) is 6.42 Å². The van der Waals surface area contributed by atoms with Crippen LogP contribution in [0.15, 0.2) is 23.2 Å². The minimum Gasteiger partial charge on any atom is -0.493 e. The Morgan fingerprint density at radius 2 is 2.04 bits per heavy atom. The van der Waals surface area contributed by atoms with E-state index in [-0.39, 0.29) is 0 Å². The Kier molecular flexibility index (Phi) is 5.91. The summed E-state index contributed by atoms with van der Waals surface area (Å²) >= 11 is 0. The van der Waals surface area contributed by atoms with Gasteiger partial charge in [0.25, 0.3) is 0 Å². The van der Waals surface area contributed by atoms with Gasteiger partial charge in [0.05, 0.1) is 19.8 Å². The largest absolute Gasteiger partial charge is 0.493 e. The molecule has 2 N–H and O–H groups in total. The van der Waals surface area contributed by atoms with E-state index in [9.17, 15) is 0 Å². The number of hydrogen-bond donors (Lipinski definition) is 2. The summed E-state index contributed by atoms with van der Waals surface area (Å²) in [4.78, 5) is 4.40. The van der Waals surface area contributed by atoms with Crippen LogP contribution in [0.4, 0.5) is 5.69 Å². The summed E-state index contributed by atoms with van der Waals surface area (Å²) in [6.07, 6.45) is 5.21. The molecule has 1 aromatic carbocycles. The van der Waals surface area contributed by atoms with Crippen LogP contribution in [0.5, 0.6) is 11.5 Å². The molecule has 0 heterocycles. The molecule has 0 amide bonds. The van der Waals surface area contributed by atoms with Gasteiger partial charge in [-0.05, 0) is 45.2 Å². The molecule has 3 rings (SSSR count). The number of methoxy groups -OCH3 is 1. The maximum absolute atomic E-state index is 5.94. The number of benzene rings is 1. The number of nitrogens with zero attached hydrogens (tertiary/aromatic N) is 1. The summed E-state index contributed by atoms with van der Waals surface area (Å²) in [5, 5.41) is 6.96. The molecule has 1 aromatic rings. The maximum Gasteiger partial charge on any atom is 0.195 e. The molecule has 26 heavy (non-hydrogen) atoms. The van der Waals surface area contributed by atoms with Crippen LogP contribution in [0.3, 0.4) is 0 Å². The van der Waals surface area contributed by atoms with E-state index in [0.29, 0.717) is 29.9 Å². The lowest BCUT2D eigenvalue weighted by atomic mass is 9.51. The fraction of sp³-hybridized carbons (Fsp3) is 0.650. The quantitative estimate of drug-likeness (QED) is 0.575. The lowest BCUT2D eigenvalue weighted by Crippen LogP contribution is -2.68. The SMILES string of the molecule is CCOc1ccc(NC(=NC)NC2CC(OCC)C23CCC3)cc1OC. The van der Waals surface area contributed by atoms with Crippen molar-refractivity contribution in [3.05, 3.63) is 18.2 Å². The molecule has 6 heteroatoms. The predicted octanol–water partition coefficient (Wildman–Crippen LogP) is 3.43. The van der Waals surface area contributed by atoms with Gasteiger partial charge in [-0.2, -0.15) is 0 Å². The van der Waals surface area contributed by atoms with Gasteiger partial charge in [0.1, 0.15) is 0 Å². The zero-order valence-electron chi connectivity index (χ0n) is 16.3. The van der Waals surface area contributed by atoms with Crippen molar-refractivity contribution < 1.29 is 14.2 Å². The number of guanidine groups is 1. The standard InChI is InChI=1S/C20H31N3O3/c1-5-25-15-9-8-14(12-16(15)24-4)22-19(21-3)23-17-13-18(26-6-2)20(17)10-7-11-20/h8-9,12,17-18H,5-7,10-11,13H2,1-4H3,(H2,21,22,23). The van der Waals surface area contributed by atoms with Crippen LogP contribution in [-0.2, 0) is 4.74 Å². The van der Waals surface area contributed by atoms with Gasteiger partial charge in [-0.25, -0.2) is 0 Å². The molecular formula is C20H31N3O3. The first-order valence-corrected chi connectivity index (χ1v) is 9.59. The van der Waals surface area contributed by atoms with Crippen molar-refractivity contribution in [2.75, 3.05) is 32.7 Å². The molecule has 1 spiro atoms. The molecule has 2 saturated carbocycles. The van der Waals surface area contributed by atoms with Gasteiger partial charge in [0.15, 0.2) is 17.5 Å². The molecular weight excluding hydrogens is 330 g/mol. The summed E-state index contributed by atoms with van der Waals surface area (Å²) in [7, 11) is 3.45.